The van der Waals surface area contributed by atoms with Crippen LogP contribution in [0.4, 0.5) is 11.6 Å². The molecule has 0 atom stereocenters. The van der Waals surface area contributed by atoms with E-state index in [2.05, 4.69) is 32.4 Å². The van der Waals surface area contributed by atoms with Crippen LogP contribution >= 0.6 is 34.8 Å². The molecule has 0 radical (unpaired) electrons. The molecule has 1 aliphatic rings. The van der Waals surface area contributed by atoms with Crippen LogP contribution in [-0.2, 0) is 0 Å². The fourth-order valence-corrected chi connectivity index (χ4v) is 2.72. The van der Waals surface area contributed by atoms with Crippen molar-refractivity contribution in [2.45, 2.75) is 38.5 Å². The molecule has 1 aliphatic carbocycles. The number of rotatable bonds is 2. The summed E-state index contributed by atoms with van der Waals surface area (Å²) in [6, 6.07) is 7.18. The smallest absolute Gasteiger partial charge is 0.232 e. The van der Waals surface area contributed by atoms with Gasteiger partial charge in [0.05, 0.1) is 10.7 Å². The van der Waals surface area contributed by atoms with E-state index in [4.69, 9.17) is 34.8 Å². The van der Waals surface area contributed by atoms with E-state index in [-0.39, 0.29) is 16.5 Å². The molecule has 7 heteroatoms. The van der Waals surface area contributed by atoms with Crippen molar-refractivity contribution < 1.29 is 0 Å². The molecule has 0 amide bonds. The van der Waals surface area contributed by atoms with Gasteiger partial charge in [-0.3, -0.25) is 0 Å². The second-order valence-corrected chi connectivity index (χ2v) is 6.35. The molecule has 1 aromatic carbocycles. The third-order valence-electron chi connectivity index (χ3n) is 3.36. The van der Waals surface area contributed by atoms with E-state index in [0.29, 0.717) is 10.7 Å². The fourth-order valence-electron chi connectivity index (χ4n) is 2.18. The maximum absolute atomic E-state index is 5.95. The van der Waals surface area contributed by atoms with E-state index in [0.717, 1.165) is 0 Å². The Bertz CT molecular complexity index is 646. The first-order valence-electron chi connectivity index (χ1n) is 7.89. The Labute approximate surface area is 157 Å². The van der Waals surface area contributed by atoms with Crippen LogP contribution in [0.15, 0.2) is 36.4 Å². The SMILES string of the molecule is C1=CCCCCCC1.Clc1nc(Cl)nc(Nc2ccccc2Cl)n1. The summed E-state index contributed by atoms with van der Waals surface area (Å²) in [6.45, 7) is 0. The Morgan fingerprint density at radius 3 is 1.92 bits per heavy atom. The summed E-state index contributed by atoms with van der Waals surface area (Å²) < 4.78 is 0. The lowest BCUT2D eigenvalue weighted by molar-refractivity contribution is 0.638. The number of para-hydroxylation sites is 1. The van der Waals surface area contributed by atoms with E-state index in [1.165, 1.54) is 38.5 Å². The van der Waals surface area contributed by atoms with Crippen LogP contribution < -0.4 is 5.32 Å². The molecule has 4 nitrogen and oxygen atoms in total. The summed E-state index contributed by atoms with van der Waals surface area (Å²) in [4.78, 5) is 11.4. The molecule has 1 aromatic heterocycles. The van der Waals surface area contributed by atoms with Gasteiger partial charge in [0.2, 0.25) is 16.5 Å². The van der Waals surface area contributed by atoms with Gasteiger partial charge in [-0.05, 0) is 61.0 Å². The van der Waals surface area contributed by atoms with E-state index in [9.17, 15) is 0 Å². The van der Waals surface area contributed by atoms with Crippen LogP contribution in [0.3, 0.4) is 0 Å². The van der Waals surface area contributed by atoms with E-state index < -0.39 is 0 Å². The van der Waals surface area contributed by atoms with Crippen molar-refractivity contribution in [2.75, 3.05) is 5.32 Å². The van der Waals surface area contributed by atoms with Crippen LogP contribution in [0, 0.1) is 0 Å². The molecule has 0 aliphatic heterocycles. The van der Waals surface area contributed by atoms with Crippen molar-refractivity contribution in [1.82, 2.24) is 15.0 Å². The van der Waals surface area contributed by atoms with Gasteiger partial charge in [-0.15, -0.1) is 0 Å². The van der Waals surface area contributed by atoms with Crippen molar-refractivity contribution in [1.29, 1.82) is 0 Å². The topological polar surface area (TPSA) is 50.7 Å². The maximum Gasteiger partial charge on any atom is 0.232 e. The van der Waals surface area contributed by atoms with Gasteiger partial charge >= 0.3 is 0 Å². The molecule has 1 N–H and O–H groups in total. The summed E-state index contributed by atoms with van der Waals surface area (Å²) in [7, 11) is 0. The van der Waals surface area contributed by atoms with Crippen molar-refractivity contribution in [2.24, 2.45) is 0 Å². The molecule has 24 heavy (non-hydrogen) atoms. The first kappa shape index (κ1) is 19.0. The quantitative estimate of drug-likeness (QED) is 0.602. The van der Waals surface area contributed by atoms with Crippen molar-refractivity contribution in [3.05, 3.63) is 52.0 Å². The molecule has 2 aromatic rings. The molecule has 1 heterocycles. The summed E-state index contributed by atoms with van der Waals surface area (Å²) in [5.74, 6) is 0.248. The Hall–Kier alpha value is -1.36. The third-order valence-corrected chi connectivity index (χ3v) is 4.03. The van der Waals surface area contributed by atoms with Crippen LogP contribution in [0.2, 0.25) is 15.6 Å². The molecular formula is C17H19Cl3N4. The average molecular weight is 386 g/mol. The largest absolute Gasteiger partial charge is 0.323 e. The van der Waals surface area contributed by atoms with Gasteiger partial charge in [0.15, 0.2) is 0 Å². The number of allylic oxidation sites excluding steroid dienone is 2. The van der Waals surface area contributed by atoms with Crippen LogP contribution in [0.25, 0.3) is 0 Å². The molecule has 3 rings (SSSR count). The Morgan fingerprint density at radius 2 is 1.33 bits per heavy atom. The lowest BCUT2D eigenvalue weighted by Gasteiger charge is -2.06. The highest BCUT2D eigenvalue weighted by Crippen LogP contribution is 2.23. The van der Waals surface area contributed by atoms with E-state index in [1.807, 2.05) is 12.1 Å². The lowest BCUT2D eigenvalue weighted by atomic mass is 10.1. The summed E-state index contributed by atoms with van der Waals surface area (Å²) in [5, 5.41) is 3.49. The number of hydrogen-bond donors (Lipinski definition) is 1. The number of aromatic nitrogens is 3. The number of benzene rings is 1. The zero-order valence-electron chi connectivity index (χ0n) is 13.2. The van der Waals surface area contributed by atoms with E-state index >= 15 is 0 Å². The maximum atomic E-state index is 5.95. The minimum Gasteiger partial charge on any atom is -0.323 e. The van der Waals surface area contributed by atoms with Crippen molar-refractivity contribution >= 4 is 46.4 Å². The van der Waals surface area contributed by atoms with Gasteiger partial charge in [-0.2, -0.15) is 15.0 Å². The summed E-state index contributed by atoms with van der Waals surface area (Å²) in [6.07, 6.45) is 13.0. The van der Waals surface area contributed by atoms with Gasteiger partial charge in [-0.1, -0.05) is 48.7 Å². The number of nitrogens with zero attached hydrogens (tertiary/aromatic N) is 3. The second kappa shape index (κ2) is 10.5. The van der Waals surface area contributed by atoms with Gasteiger partial charge < -0.3 is 5.32 Å². The van der Waals surface area contributed by atoms with Crippen molar-refractivity contribution in [3.8, 4) is 0 Å². The van der Waals surface area contributed by atoms with Gasteiger partial charge in [-0.25, -0.2) is 0 Å². The van der Waals surface area contributed by atoms with Crippen LogP contribution in [0.5, 0.6) is 0 Å². The first-order valence-corrected chi connectivity index (χ1v) is 9.02. The predicted octanol–water partition coefficient (Wildman–Crippen LogP) is 6.47. The number of anilines is 2. The Kier molecular flexibility index (Phi) is 8.29. The zero-order chi connectivity index (χ0) is 17.2. The highest BCUT2D eigenvalue weighted by atomic mass is 35.5. The third kappa shape index (κ3) is 7.04. The Balaban J connectivity index is 0.000000219. The second-order valence-electron chi connectivity index (χ2n) is 5.26. The van der Waals surface area contributed by atoms with Crippen molar-refractivity contribution in [3.63, 3.8) is 0 Å². The highest BCUT2D eigenvalue weighted by molar-refractivity contribution is 6.33. The van der Waals surface area contributed by atoms with Gasteiger partial charge in [0.1, 0.15) is 0 Å². The highest BCUT2D eigenvalue weighted by Gasteiger charge is 2.05. The molecule has 0 saturated carbocycles. The number of halogens is 3. The minimum atomic E-state index is 0.0227. The summed E-state index contributed by atoms with van der Waals surface area (Å²) in [5.41, 5.74) is 0.669. The average Bonchev–Trinajstić information content (AvgIpc) is 2.48. The standard InChI is InChI=1S/C9H5Cl3N4.C8H14/c10-5-3-1-2-4-6(5)13-9-15-7(11)14-8(12)16-9;1-2-4-6-8-7-5-3-1/h1-4H,(H,13,14,15,16);1-2H,3-8H2. The molecule has 0 fully saturated rings. The number of nitrogens with one attached hydrogen (secondary N) is 1. The van der Waals surface area contributed by atoms with Gasteiger partial charge in [0, 0.05) is 0 Å². The molecule has 0 unspecified atom stereocenters. The molecular weight excluding hydrogens is 367 g/mol. The van der Waals surface area contributed by atoms with Crippen LogP contribution in [-0.4, -0.2) is 15.0 Å². The predicted molar refractivity (Wildman–Crippen MR) is 101 cm³/mol. The fraction of sp³-hybridized carbons (Fsp3) is 0.353. The number of hydrogen-bond acceptors (Lipinski definition) is 4. The summed E-state index contributed by atoms with van der Waals surface area (Å²) >= 11 is 17.2. The Morgan fingerprint density at radius 1 is 0.750 bits per heavy atom. The van der Waals surface area contributed by atoms with Gasteiger partial charge in [0.25, 0.3) is 0 Å². The minimum absolute atomic E-state index is 0.0227. The zero-order valence-corrected chi connectivity index (χ0v) is 15.5. The molecule has 0 spiro atoms. The molecule has 0 bridgehead atoms. The monoisotopic (exact) mass is 384 g/mol. The van der Waals surface area contributed by atoms with Crippen LogP contribution in [0.1, 0.15) is 38.5 Å². The normalized spacial score (nSPS) is 14.1. The first-order chi connectivity index (χ1) is 11.6. The molecule has 128 valence electrons. The van der Waals surface area contributed by atoms with E-state index in [1.54, 1.807) is 12.1 Å². The lowest BCUT2D eigenvalue weighted by Crippen LogP contribution is -1.99. The molecule has 0 saturated heterocycles.